The van der Waals surface area contributed by atoms with Crippen molar-refractivity contribution >= 4 is 21.9 Å². The lowest BCUT2D eigenvalue weighted by Crippen LogP contribution is -2.36. The fourth-order valence-corrected chi connectivity index (χ4v) is 4.23. The van der Waals surface area contributed by atoms with Crippen LogP contribution < -0.4 is 4.72 Å². The van der Waals surface area contributed by atoms with Crippen LogP contribution in [0.1, 0.15) is 40.4 Å². The molecule has 1 N–H and O–H groups in total. The van der Waals surface area contributed by atoms with Crippen molar-refractivity contribution in [2.45, 2.75) is 30.2 Å². The fraction of sp³-hybridized carbons (Fsp3) is 0.333. The molecular formula is C21H24N2O5S. The average molecular weight is 416 g/mol. The second-order valence-corrected chi connectivity index (χ2v) is 8.81. The van der Waals surface area contributed by atoms with Gasteiger partial charge in [0.05, 0.1) is 16.5 Å². The zero-order valence-corrected chi connectivity index (χ0v) is 17.2. The molecule has 0 radical (unpaired) electrons. The standard InChI is InChI=1S/C21H24N2O5S/c1-22-29(26,27)17-12-10-16(11-13-17)21(25)28-14-20(24)23(2)19-9-5-7-15-6-3-4-8-18(15)19/h3-4,6,8,10-13,19,22H,5,7,9,14H2,1-2H3. The molecule has 8 heteroatoms. The van der Waals surface area contributed by atoms with Gasteiger partial charge in [-0.1, -0.05) is 24.3 Å². The number of likely N-dealkylation sites (N-methyl/N-ethyl adjacent to an activating group) is 1. The van der Waals surface area contributed by atoms with Gasteiger partial charge in [0, 0.05) is 7.05 Å². The SMILES string of the molecule is CNS(=O)(=O)c1ccc(C(=O)OCC(=O)N(C)C2CCCc3ccccc32)cc1. The van der Waals surface area contributed by atoms with Crippen molar-refractivity contribution in [2.75, 3.05) is 20.7 Å². The number of hydrogen-bond acceptors (Lipinski definition) is 5. The predicted octanol–water partition coefficient (Wildman–Crippen LogP) is 2.29. The molecular weight excluding hydrogens is 392 g/mol. The average Bonchev–Trinajstić information content (AvgIpc) is 2.76. The number of aryl methyl sites for hydroxylation is 1. The maximum atomic E-state index is 12.6. The largest absolute Gasteiger partial charge is 0.452 e. The maximum absolute atomic E-state index is 12.6. The van der Waals surface area contributed by atoms with E-state index in [0.29, 0.717) is 0 Å². The number of ether oxygens (including phenoxy) is 1. The summed E-state index contributed by atoms with van der Waals surface area (Å²) in [4.78, 5) is 26.5. The topological polar surface area (TPSA) is 92.8 Å². The highest BCUT2D eigenvalue weighted by Gasteiger charge is 2.27. The molecule has 1 aliphatic carbocycles. The van der Waals surface area contributed by atoms with Crippen molar-refractivity contribution in [1.29, 1.82) is 0 Å². The summed E-state index contributed by atoms with van der Waals surface area (Å²) in [6.45, 7) is -0.370. The number of fused-ring (bicyclic) bond motifs is 1. The van der Waals surface area contributed by atoms with E-state index in [1.165, 1.54) is 36.9 Å². The molecule has 2 aromatic carbocycles. The van der Waals surface area contributed by atoms with E-state index >= 15 is 0 Å². The number of hydrogen-bond donors (Lipinski definition) is 1. The molecule has 1 unspecified atom stereocenters. The predicted molar refractivity (Wildman–Crippen MR) is 108 cm³/mol. The van der Waals surface area contributed by atoms with Crippen molar-refractivity contribution in [3.05, 3.63) is 65.2 Å². The molecule has 0 heterocycles. The summed E-state index contributed by atoms with van der Waals surface area (Å²) in [5.74, 6) is -0.960. The Balaban J connectivity index is 1.61. The summed E-state index contributed by atoms with van der Waals surface area (Å²) < 4.78 is 30.8. The van der Waals surface area contributed by atoms with Crippen LogP contribution in [-0.2, 0) is 26.0 Å². The molecule has 29 heavy (non-hydrogen) atoms. The highest BCUT2D eigenvalue weighted by molar-refractivity contribution is 7.89. The van der Waals surface area contributed by atoms with Gasteiger partial charge in [-0.25, -0.2) is 17.9 Å². The van der Waals surface area contributed by atoms with Crippen molar-refractivity contribution in [3.63, 3.8) is 0 Å². The molecule has 1 amide bonds. The minimum absolute atomic E-state index is 0.0304. The van der Waals surface area contributed by atoms with Crippen molar-refractivity contribution in [2.24, 2.45) is 0 Å². The minimum atomic E-state index is -3.58. The third-order valence-corrected chi connectivity index (χ3v) is 6.62. The molecule has 3 rings (SSSR count). The van der Waals surface area contributed by atoms with Crippen LogP contribution >= 0.6 is 0 Å². The molecule has 0 fully saturated rings. The Morgan fingerprint density at radius 3 is 2.52 bits per heavy atom. The minimum Gasteiger partial charge on any atom is -0.452 e. The normalized spacial score (nSPS) is 16.0. The van der Waals surface area contributed by atoms with Gasteiger partial charge in [0.15, 0.2) is 6.61 Å². The van der Waals surface area contributed by atoms with Crippen molar-refractivity contribution < 1.29 is 22.7 Å². The molecule has 2 aromatic rings. The van der Waals surface area contributed by atoms with E-state index in [1.807, 2.05) is 18.2 Å². The fourth-order valence-electron chi connectivity index (χ4n) is 3.50. The zero-order valence-electron chi connectivity index (χ0n) is 16.4. The van der Waals surface area contributed by atoms with Crippen LogP contribution in [0, 0.1) is 0 Å². The van der Waals surface area contributed by atoms with Gasteiger partial charge in [-0.05, 0) is 61.7 Å². The van der Waals surface area contributed by atoms with Crippen LogP contribution in [-0.4, -0.2) is 45.9 Å². The van der Waals surface area contributed by atoms with E-state index in [-0.39, 0.29) is 29.0 Å². The van der Waals surface area contributed by atoms with Gasteiger partial charge in [0.25, 0.3) is 5.91 Å². The van der Waals surface area contributed by atoms with Crippen LogP contribution in [0.5, 0.6) is 0 Å². The number of amides is 1. The van der Waals surface area contributed by atoms with Crippen LogP contribution in [0.3, 0.4) is 0 Å². The van der Waals surface area contributed by atoms with Gasteiger partial charge in [-0.15, -0.1) is 0 Å². The lowest BCUT2D eigenvalue weighted by atomic mass is 9.87. The molecule has 0 aliphatic heterocycles. The molecule has 7 nitrogen and oxygen atoms in total. The first-order valence-electron chi connectivity index (χ1n) is 9.37. The zero-order chi connectivity index (χ0) is 21.0. The first kappa shape index (κ1) is 21.0. The second-order valence-electron chi connectivity index (χ2n) is 6.92. The van der Waals surface area contributed by atoms with E-state index in [0.717, 1.165) is 24.8 Å². The highest BCUT2D eigenvalue weighted by atomic mass is 32.2. The molecule has 0 saturated heterocycles. The van der Waals surface area contributed by atoms with E-state index in [1.54, 1.807) is 11.9 Å². The number of benzene rings is 2. The lowest BCUT2D eigenvalue weighted by Gasteiger charge is -2.33. The third-order valence-electron chi connectivity index (χ3n) is 5.19. The number of esters is 1. The van der Waals surface area contributed by atoms with Crippen LogP contribution in [0.2, 0.25) is 0 Å². The van der Waals surface area contributed by atoms with E-state index in [4.69, 9.17) is 4.74 Å². The summed E-state index contributed by atoms with van der Waals surface area (Å²) in [6, 6.07) is 13.4. The summed E-state index contributed by atoms with van der Waals surface area (Å²) in [6.07, 6.45) is 2.87. The number of sulfonamides is 1. The third kappa shape index (κ3) is 4.65. The highest BCUT2D eigenvalue weighted by Crippen LogP contribution is 2.33. The Bertz CT molecular complexity index is 1000. The molecule has 0 saturated carbocycles. The maximum Gasteiger partial charge on any atom is 0.338 e. The molecule has 154 valence electrons. The number of carbonyl (C=O) groups is 2. The van der Waals surface area contributed by atoms with Gasteiger partial charge in [-0.2, -0.15) is 0 Å². The van der Waals surface area contributed by atoms with E-state index < -0.39 is 16.0 Å². The van der Waals surface area contributed by atoms with Crippen LogP contribution in [0.15, 0.2) is 53.4 Å². The first-order chi connectivity index (χ1) is 13.8. The number of nitrogens with zero attached hydrogens (tertiary/aromatic N) is 1. The smallest absolute Gasteiger partial charge is 0.338 e. The van der Waals surface area contributed by atoms with Gasteiger partial charge in [0.1, 0.15) is 0 Å². The van der Waals surface area contributed by atoms with Crippen LogP contribution in [0.4, 0.5) is 0 Å². The summed E-state index contributed by atoms with van der Waals surface area (Å²) in [5.41, 5.74) is 2.57. The Morgan fingerprint density at radius 1 is 1.14 bits per heavy atom. The second kappa shape index (κ2) is 8.75. The van der Waals surface area contributed by atoms with Gasteiger partial charge >= 0.3 is 5.97 Å². The Hall–Kier alpha value is -2.71. The Morgan fingerprint density at radius 2 is 1.83 bits per heavy atom. The van der Waals surface area contributed by atoms with E-state index in [2.05, 4.69) is 10.8 Å². The Labute approximate surface area is 170 Å². The number of nitrogens with one attached hydrogen (secondary N) is 1. The summed E-state index contributed by atoms with van der Waals surface area (Å²) >= 11 is 0. The molecule has 0 spiro atoms. The van der Waals surface area contributed by atoms with Gasteiger partial charge < -0.3 is 9.64 Å². The molecule has 0 bridgehead atoms. The van der Waals surface area contributed by atoms with Crippen LogP contribution in [0.25, 0.3) is 0 Å². The van der Waals surface area contributed by atoms with Crippen molar-refractivity contribution in [3.8, 4) is 0 Å². The van der Waals surface area contributed by atoms with Crippen molar-refractivity contribution in [1.82, 2.24) is 9.62 Å². The summed E-state index contributed by atoms with van der Waals surface area (Å²) in [5, 5.41) is 0. The van der Waals surface area contributed by atoms with E-state index in [9.17, 15) is 18.0 Å². The number of rotatable bonds is 6. The first-order valence-corrected chi connectivity index (χ1v) is 10.9. The summed E-state index contributed by atoms with van der Waals surface area (Å²) in [7, 11) is -0.545. The molecule has 0 aromatic heterocycles. The van der Waals surface area contributed by atoms with Gasteiger partial charge in [0.2, 0.25) is 10.0 Å². The monoisotopic (exact) mass is 416 g/mol. The quantitative estimate of drug-likeness (QED) is 0.730. The molecule has 1 atom stereocenters. The number of carbonyl (C=O) groups excluding carboxylic acids is 2. The lowest BCUT2D eigenvalue weighted by molar-refractivity contribution is -0.135. The Kier molecular flexibility index (Phi) is 6.34. The van der Waals surface area contributed by atoms with Gasteiger partial charge in [-0.3, -0.25) is 4.79 Å². The molecule has 1 aliphatic rings.